The van der Waals surface area contributed by atoms with Gasteiger partial charge in [-0.05, 0) is 31.0 Å². The van der Waals surface area contributed by atoms with Crippen molar-refractivity contribution in [3.05, 3.63) is 35.4 Å². The largest absolute Gasteiger partial charge is 0.486 e. The van der Waals surface area contributed by atoms with Crippen molar-refractivity contribution in [3.63, 3.8) is 0 Å². The Balaban J connectivity index is 1.95. The number of hydrogen-bond donors (Lipinski definition) is 2. The van der Waals surface area contributed by atoms with E-state index < -0.39 is 0 Å². The minimum absolute atomic E-state index is 0.0425. The molecular formula is C20H28N6O2. The Morgan fingerprint density at radius 3 is 1.68 bits per heavy atom. The standard InChI is InChI=1S/C20H28N6O2/c1-3-5-7-12-25-17(19(21)27-23-25)15-10-9-11-16(14-15)18-20(22)28-24-26(18)13-8-6-4-2/h9-11,14,21-22H,3-8,12-13H2,1-2H3. The van der Waals surface area contributed by atoms with E-state index >= 15 is 0 Å². The number of nitrogens with zero attached hydrogens (tertiary/aromatic N) is 4. The van der Waals surface area contributed by atoms with Crippen LogP contribution >= 0.6 is 0 Å². The average Bonchev–Trinajstić information content (AvgIpc) is 3.25. The van der Waals surface area contributed by atoms with Gasteiger partial charge in [0.1, 0.15) is 13.1 Å². The first-order chi connectivity index (χ1) is 13.7. The minimum atomic E-state index is 0.0425. The quantitative estimate of drug-likeness (QED) is 0.412. The van der Waals surface area contributed by atoms with Crippen LogP contribution in [0.3, 0.4) is 0 Å². The van der Waals surface area contributed by atoms with Gasteiger partial charge in [0, 0.05) is 12.8 Å². The molecular weight excluding hydrogens is 356 g/mol. The Hall–Kier alpha value is -2.90. The first kappa shape index (κ1) is 19.9. The van der Waals surface area contributed by atoms with Crippen LogP contribution in [0.2, 0.25) is 0 Å². The molecule has 0 saturated heterocycles. The van der Waals surface area contributed by atoms with Crippen LogP contribution in [0.1, 0.15) is 52.4 Å². The molecule has 8 heteroatoms. The van der Waals surface area contributed by atoms with Gasteiger partial charge >= 0.3 is 0 Å². The number of rotatable bonds is 10. The summed E-state index contributed by atoms with van der Waals surface area (Å²) < 4.78 is 13.8. The fourth-order valence-electron chi connectivity index (χ4n) is 3.29. The molecule has 1 aromatic carbocycles. The van der Waals surface area contributed by atoms with Crippen LogP contribution < -0.4 is 31.0 Å². The summed E-state index contributed by atoms with van der Waals surface area (Å²) in [6, 6.07) is 7.73. The zero-order valence-corrected chi connectivity index (χ0v) is 16.6. The van der Waals surface area contributed by atoms with Gasteiger partial charge < -0.3 is 9.05 Å². The molecule has 0 bridgehead atoms. The molecule has 0 atom stereocenters. The monoisotopic (exact) mass is 384 g/mol. The van der Waals surface area contributed by atoms with Gasteiger partial charge in [0.2, 0.25) is 0 Å². The van der Waals surface area contributed by atoms with Crippen LogP contribution in [0.25, 0.3) is 22.5 Å². The Morgan fingerprint density at radius 1 is 0.786 bits per heavy atom. The van der Waals surface area contributed by atoms with Gasteiger partial charge in [0.25, 0.3) is 22.5 Å². The molecule has 0 amide bonds. The molecule has 150 valence electrons. The van der Waals surface area contributed by atoms with Crippen molar-refractivity contribution in [2.24, 2.45) is 0 Å². The highest BCUT2D eigenvalue weighted by atomic mass is 16.5. The summed E-state index contributed by atoms with van der Waals surface area (Å²) in [5, 5.41) is 24.3. The molecule has 3 aromatic rings. The summed E-state index contributed by atoms with van der Waals surface area (Å²) >= 11 is 0. The van der Waals surface area contributed by atoms with E-state index in [0.29, 0.717) is 24.5 Å². The van der Waals surface area contributed by atoms with Crippen molar-refractivity contribution in [1.29, 1.82) is 10.8 Å². The van der Waals surface area contributed by atoms with Gasteiger partial charge in [-0.25, -0.2) is 9.36 Å². The third kappa shape index (κ3) is 4.32. The highest BCUT2D eigenvalue weighted by Crippen LogP contribution is 2.19. The van der Waals surface area contributed by atoms with Gasteiger partial charge in [0.15, 0.2) is 0 Å². The molecule has 0 aliphatic carbocycles. The van der Waals surface area contributed by atoms with E-state index in [-0.39, 0.29) is 11.1 Å². The lowest BCUT2D eigenvalue weighted by atomic mass is 10.1. The van der Waals surface area contributed by atoms with Crippen molar-refractivity contribution >= 4 is 0 Å². The van der Waals surface area contributed by atoms with Gasteiger partial charge in [-0.3, -0.25) is 21.4 Å². The Bertz CT molecular complexity index is 933. The van der Waals surface area contributed by atoms with Gasteiger partial charge in [-0.15, -0.1) is 0 Å². The molecule has 3 rings (SSSR count). The van der Waals surface area contributed by atoms with Crippen LogP contribution in [0.4, 0.5) is 0 Å². The maximum Gasteiger partial charge on any atom is 0.273 e. The summed E-state index contributed by atoms with van der Waals surface area (Å²) in [6.07, 6.45) is 6.42. The van der Waals surface area contributed by atoms with Crippen LogP contribution in [0.5, 0.6) is 0 Å². The number of benzene rings is 1. The summed E-state index contributed by atoms with van der Waals surface area (Å²) in [5.41, 5.74) is 3.06. The number of hydrogen-bond acceptors (Lipinski definition) is 4. The third-order valence-electron chi connectivity index (χ3n) is 4.76. The average molecular weight is 384 g/mol. The molecule has 0 aliphatic rings. The Kier molecular flexibility index (Phi) is 6.62. The Labute approximate surface area is 163 Å². The van der Waals surface area contributed by atoms with E-state index in [4.69, 9.17) is 19.9 Å². The molecule has 2 heterocycles. The summed E-state index contributed by atoms with van der Waals surface area (Å²) in [6.45, 7) is 5.73. The lowest BCUT2D eigenvalue weighted by Crippen LogP contribution is -2.41. The SMILES string of the molecule is CCCCC[n+]1[n-]oc(=N)c1-c1cccc(-c2c(=N)o[n-][n+]2CCCCC)c1. The van der Waals surface area contributed by atoms with Crippen molar-refractivity contribution in [2.45, 2.75) is 65.5 Å². The summed E-state index contributed by atoms with van der Waals surface area (Å²) in [4.78, 5) is 0. The predicted octanol–water partition coefficient (Wildman–Crippen LogP) is 2.04. The van der Waals surface area contributed by atoms with E-state index in [2.05, 4.69) is 24.4 Å². The minimum Gasteiger partial charge on any atom is -0.486 e. The van der Waals surface area contributed by atoms with Gasteiger partial charge in [-0.2, -0.15) is 0 Å². The maximum atomic E-state index is 8.13. The molecule has 0 aliphatic heterocycles. The maximum absolute atomic E-state index is 8.13. The zero-order chi connectivity index (χ0) is 19.9. The lowest BCUT2D eigenvalue weighted by Gasteiger charge is -2.05. The van der Waals surface area contributed by atoms with Crippen molar-refractivity contribution < 1.29 is 18.4 Å². The van der Waals surface area contributed by atoms with Crippen LogP contribution in [0.15, 0.2) is 33.3 Å². The number of aryl methyl sites for hydroxylation is 2. The highest BCUT2D eigenvalue weighted by Gasteiger charge is 2.19. The second-order valence-corrected chi connectivity index (χ2v) is 6.94. The van der Waals surface area contributed by atoms with E-state index in [1.165, 1.54) is 0 Å². The molecule has 2 N–H and O–H groups in total. The highest BCUT2D eigenvalue weighted by molar-refractivity contribution is 5.65. The fraction of sp³-hybridized carbons (Fsp3) is 0.500. The molecule has 28 heavy (non-hydrogen) atoms. The van der Waals surface area contributed by atoms with E-state index in [0.717, 1.165) is 49.7 Å². The molecule has 0 fully saturated rings. The molecule has 8 nitrogen and oxygen atoms in total. The van der Waals surface area contributed by atoms with Gasteiger partial charge in [0.05, 0.1) is 11.1 Å². The molecule has 0 spiro atoms. The first-order valence-electron chi connectivity index (χ1n) is 9.99. The van der Waals surface area contributed by atoms with Gasteiger partial charge in [-0.1, -0.05) is 32.8 Å². The second kappa shape index (κ2) is 9.34. The molecule has 0 saturated carbocycles. The topological polar surface area (TPSA) is 110 Å². The van der Waals surface area contributed by atoms with E-state index in [1.807, 2.05) is 24.3 Å². The smallest absolute Gasteiger partial charge is 0.273 e. The summed E-state index contributed by atoms with van der Waals surface area (Å²) in [7, 11) is 0. The Morgan fingerprint density at radius 2 is 1.25 bits per heavy atom. The van der Waals surface area contributed by atoms with E-state index in [9.17, 15) is 0 Å². The molecule has 0 unspecified atom stereocenters. The lowest BCUT2D eigenvalue weighted by molar-refractivity contribution is -0.758. The summed E-state index contributed by atoms with van der Waals surface area (Å²) in [5.74, 6) is 0. The molecule has 2 aromatic heterocycles. The third-order valence-corrected chi connectivity index (χ3v) is 4.76. The number of aromatic nitrogens is 4. The van der Waals surface area contributed by atoms with Crippen LogP contribution in [-0.4, -0.2) is 0 Å². The van der Waals surface area contributed by atoms with Crippen molar-refractivity contribution in [2.75, 3.05) is 0 Å². The predicted molar refractivity (Wildman–Crippen MR) is 99.6 cm³/mol. The number of unbranched alkanes of at least 4 members (excludes halogenated alkanes) is 4. The zero-order valence-electron chi connectivity index (χ0n) is 16.6. The van der Waals surface area contributed by atoms with Crippen LogP contribution in [-0.2, 0) is 13.1 Å². The molecule has 0 radical (unpaired) electrons. The fourth-order valence-corrected chi connectivity index (χ4v) is 3.29. The van der Waals surface area contributed by atoms with Crippen molar-refractivity contribution in [3.8, 4) is 22.5 Å². The van der Waals surface area contributed by atoms with Crippen molar-refractivity contribution in [1.82, 2.24) is 10.5 Å². The normalized spacial score (nSPS) is 11.2. The number of nitrogens with one attached hydrogen (secondary N) is 2. The first-order valence-corrected chi connectivity index (χ1v) is 9.99. The van der Waals surface area contributed by atoms with E-state index in [1.54, 1.807) is 9.36 Å². The van der Waals surface area contributed by atoms with Crippen LogP contribution in [0, 0.1) is 10.8 Å². The second-order valence-electron chi connectivity index (χ2n) is 6.94.